The summed E-state index contributed by atoms with van der Waals surface area (Å²) in [7, 11) is 0. The Hall–Kier alpha value is -1.26. The third-order valence-electron chi connectivity index (χ3n) is 4.37. The molecule has 2 aliphatic rings. The topological polar surface area (TPSA) is 52.6 Å². The first-order chi connectivity index (χ1) is 9.10. The van der Waals surface area contributed by atoms with Crippen molar-refractivity contribution in [3.05, 3.63) is 29.3 Å². The van der Waals surface area contributed by atoms with Crippen molar-refractivity contribution in [2.45, 2.75) is 18.4 Å². The van der Waals surface area contributed by atoms with Crippen LogP contribution in [0.3, 0.4) is 0 Å². The van der Waals surface area contributed by atoms with Gasteiger partial charge in [0.15, 0.2) is 0 Å². The van der Waals surface area contributed by atoms with Gasteiger partial charge in [-0.3, -0.25) is 0 Å². The summed E-state index contributed by atoms with van der Waals surface area (Å²) in [5, 5.41) is 13.6. The minimum Gasteiger partial charge on any atom is -0.479 e. The first-order valence-corrected chi connectivity index (χ1v) is 6.97. The second-order valence-electron chi connectivity index (χ2n) is 5.45. The van der Waals surface area contributed by atoms with Crippen LogP contribution < -0.4 is 5.32 Å². The monoisotopic (exact) mass is 280 g/mol. The van der Waals surface area contributed by atoms with E-state index < -0.39 is 11.5 Å². The maximum absolute atomic E-state index is 11.8. The summed E-state index contributed by atoms with van der Waals surface area (Å²) >= 11 is 5.97. The number of aliphatic carboxylic acids is 1. The number of piperidine rings is 1. The van der Waals surface area contributed by atoms with Crippen molar-refractivity contribution in [3.8, 4) is 0 Å². The maximum atomic E-state index is 11.8. The Labute approximate surface area is 117 Å². The summed E-state index contributed by atoms with van der Waals surface area (Å²) in [6.45, 7) is 2.73. The Morgan fingerprint density at radius 2 is 2.32 bits per heavy atom. The smallest absolute Gasteiger partial charge is 0.329 e. The minimum atomic E-state index is -0.850. The van der Waals surface area contributed by atoms with Crippen LogP contribution in [0.5, 0.6) is 0 Å². The fourth-order valence-corrected chi connectivity index (χ4v) is 3.49. The molecule has 2 saturated heterocycles. The van der Waals surface area contributed by atoms with E-state index in [9.17, 15) is 9.90 Å². The van der Waals surface area contributed by atoms with Gasteiger partial charge in [0.1, 0.15) is 5.54 Å². The predicted molar refractivity (Wildman–Crippen MR) is 74.6 cm³/mol. The predicted octanol–water partition coefficient (Wildman–Crippen LogP) is 2.30. The molecule has 0 aliphatic carbocycles. The fraction of sp³-hybridized carbons (Fsp3) is 0.500. The van der Waals surface area contributed by atoms with Gasteiger partial charge in [0.05, 0.1) is 0 Å². The van der Waals surface area contributed by atoms with Crippen molar-refractivity contribution >= 4 is 23.3 Å². The SMILES string of the molecule is O=C(O)C1(Nc2cccc(Cl)c2)CCN2CCC1C2. The molecule has 3 atom stereocenters. The molecule has 102 valence electrons. The van der Waals surface area contributed by atoms with Crippen LogP contribution in [0, 0.1) is 5.92 Å². The number of fused-ring (bicyclic) bond motifs is 2. The molecule has 2 bridgehead atoms. The lowest BCUT2D eigenvalue weighted by molar-refractivity contribution is -0.145. The van der Waals surface area contributed by atoms with Gasteiger partial charge in [0.2, 0.25) is 0 Å². The molecule has 3 rings (SSSR count). The Morgan fingerprint density at radius 1 is 1.47 bits per heavy atom. The number of benzene rings is 1. The Kier molecular flexibility index (Phi) is 3.15. The minimum absolute atomic E-state index is 0.165. The molecule has 0 saturated carbocycles. The second-order valence-corrected chi connectivity index (χ2v) is 5.88. The van der Waals surface area contributed by atoms with E-state index >= 15 is 0 Å². The molecule has 2 fully saturated rings. The van der Waals surface area contributed by atoms with Crippen LogP contribution in [-0.2, 0) is 4.79 Å². The van der Waals surface area contributed by atoms with E-state index in [1.54, 1.807) is 12.1 Å². The molecule has 1 aromatic carbocycles. The highest BCUT2D eigenvalue weighted by Gasteiger charge is 2.51. The van der Waals surface area contributed by atoms with Crippen LogP contribution in [0.4, 0.5) is 5.69 Å². The van der Waals surface area contributed by atoms with E-state index in [4.69, 9.17) is 11.6 Å². The van der Waals surface area contributed by atoms with E-state index in [1.807, 2.05) is 12.1 Å². The van der Waals surface area contributed by atoms with E-state index in [2.05, 4.69) is 10.2 Å². The third kappa shape index (κ3) is 2.19. The van der Waals surface area contributed by atoms with Crippen molar-refractivity contribution in [2.75, 3.05) is 25.0 Å². The van der Waals surface area contributed by atoms with E-state index in [0.717, 1.165) is 31.7 Å². The first kappa shape index (κ1) is 12.8. The molecule has 2 aliphatic heterocycles. The van der Waals surface area contributed by atoms with E-state index in [1.165, 1.54) is 0 Å². The number of carboxylic acid groups (broad SMARTS) is 1. The molecular weight excluding hydrogens is 264 g/mol. The quantitative estimate of drug-likeness (QED) is 0.892. The molecule has 0 spiro atoms. The standard InChI is InChI=1S/C14H17ClN2O2/c15-11-2-1-3-12(8-11)16-14(13(18)19)5-7-17-6-4-10(14)9-17/h1-3,8,10,16H,4-7,9H2,(H,18,19). The van der Waals surface area contributed by atoms with Crippen molar-refractivity contribution in [3.63, 3.8) is 0 Å². The number of rotatable bonds is 3. The molecule has 1 aromatic rings. The number of hydrogen-bond donors (Lipinski definition) is 2. The zero-order chi connectivity index (χ0) is 13.5. The number of nitrogens with zero attached hydrogens (tertiary/aromatic N) is 1. The van der Waals surface area contributed by atoms with E-state index in [0.29, 0.717) is 11.4 Å². The van der Waals surface area contributed by atoms with Crippen molar-refractivity contribution in [1.29, 1.82) is 0 Å². The first-order valence-electron chi connectivity index (χ1n) is 6.60. The molecule has 2 heterocycles. The molecule has 3 unspecified atom stereocenters. The highest BCUT2D eigenvalue weighted by atomic mass is 35.5. The van der Waals surface area contributed by atoms with Gasteiger partial charge >= 0.3 is 5.97 Å². The summed E-state index contributed by atoms with van der Waals surface area (Å²) in [6, 6.07) is 7.29. The summed E-state index contributed by atoms with van der Waals surface area (Å²) in [4.78, 5) is 14.2. The number of carbonyl (C=O) groups is 1. The number of carboxylic acids is 1. The second kappa shape index (κ2) is 4.69. The zero-order valence-corrected chi connectivity index (χ0v) is 11.4. The van der Waals surface area contributed by atoms with Crippen LogP contribution in [-0.4, -0.2) is 41.1 Å². The lowest BCUT2D eigenvalue weighted by atomic mass is 9.78. The van der Waals surface area contributed by atoms with Crippen LogP contribution in [0.1, 0.15) is 12.8 Å². The third-order valence-corrected chi connectivity index (χ3v) is 4.60. The molecule has 19 heavy (non-hydrogen) atoms. The normalized spacial score (nSPS) is 33.1. The van der Waals surface area contributed by atoms with Crippen LogP contribution in [0.15, 0.2) is 24.3 Å². The zero-order valence-electron chi connectivity index (χ0n) is 10.6. The molecule has 0 radical (unpaired) electrons. The van der Waals surface area contributed by atoms with Gasteiger partial charge in [-0.1, -0.05) is 17.7 Å². The molecule has 2 N–H and O–H groups in total. The fourth-order valence-electron chi connectivity index (χ4n) is 3.30. The van der Waals surface area contributed by atoms with Crippen LogP contribution >= 0.6 is 11.6 Å². The summed E-state index contributed by atoms with van der Waals surface area (Å²) in [5.74, 6) is -0.586. The van der Waals surface area contributed by atoms with Gasteiger partial charge in [-0.25, -0.2) is 4.79 Å². The number of halogens is 1. The van der Waals surface area contributed by atoms with Gasteiger partial charge in [-0.2, -0.15) is 0 Å². The Balaban J connectivity index is 1.91. The van der Waals surface area contributed by atoms with Gasteiger partial charge in [0.25, 0.3) is 0 Å². The average Bonchev–Trinajstić information content (AvgIpc) is 2.77. The maximum Gasteiger partial charge on any atom is 0.329 e. The van der Waals surface area contributed by atoms with Crippen molar-refractivity contribution in [2.24, 2.45) is 5.92 Å². The number of anilines is 1. The van der Waals surface area contributed by atoms with Crippen molar-refractivity contribution < 1.29 is 9.90 Å². The highest BCUT2D eigenvalue weighted by Crippen LogP contribution is 2.38. The van der Waals surface area contributed by atoms with Crippen molar-refractivity contribution in [1.82, 2.24) is 4.90 Å². The Morgan fingerprint density at radius 3 is 3.05 bits per heavy atom. The summed E-state index contributed by atoms with van der Waals surface area (Å²) < 4.78 is 0. The van der Waals surface area contributed by atoms with E-state index in [-0.39, 0.29) is 5.92 Å². The molecule has 4 nitrogen and oxygen atoms in total. The van der Waals surface area contributed by atoms with Gasteiger partial charge in [-0.05, 0) is 37.6 Å². The summed E-state index contributed by atoms with van der Waals surface area (Å²) in [6.07, 6.45) is 1.58. The van der Waals surface area contributed by atoms with Gasteiger partial charge in [0, 0.05) is 29.7 Å². The molecular formula is C14H17ClN2O2. The Bertz CT molecular complexity index is 508. The lowest BCUT2D eigenvalue weighted by Gasteiger charge is -2.40. The summed E-state index contributed by atoms with van der Waals surface area (Å²) in [5.41, 5.74) is -0.0623. The van der Waals surface area contributed by atoms with Gasteiger partial charge < -0.3 is 15.3 Å². The van der Waals surface area contributed by atoms with Crippen LogP contribution in [0.2, 0.25) is 5.02 Å². The van der Waals surface area contributed by atoms with Gasteiger partial charge in [-0.15, -0.1) is 0 Å². The number of nitrogens with one attached hydrogen (secondary N) is 1. The number of hydrogen-bond acceptors (Lipinski definition) is 3. The largest absolute Gasteiger partial charge is 0.479 e. The molecule has 5 heteroatoms. The highest BCUT2D eigenvalue weighted by molar-refractivity contribution is 6.30. The average molecular weight is 281 g/mol. The molecule has 0 amide bonds. The lowest BCUT2D eigenvalue weighted by Crippen LogP contribution is -2.57. The van der Waals surface area contributed by atoms with Crippen LogP contribution in [0.25, 0.3) is 0 Å². The molecule has 0 aromatic heterocycles.